The topological polar surface area (TPSA) is 85.6 Å². The van der Waals surface area contributed by atoms with Crippen LogP contribution in [0.2, 0.25) is 0 Å². The van der Waals surface area contributed by atoms with Gasteiger partial charge in [0.2, 0.25) is 0 Å². The summed E-state index contributed by atoms with van der Waals surface area (Å²) < 4.78 is 5.21. The molecule has 0 aromatic carbocycles. The molecule has 1 aromatic heterocycles. The van der Waals surface area contributed by atoms with Crippen LogP contribution < -0.4 is 4.90 Å². The van der Waals surface area contributed by atoms with Crippen molar-refractivity contribution in [1.29, 1.82) is 0 Å². The minimum absolute atomic E-state index is 0.0463. The monoisotopic (exact) mass is 345 g/mol. The fourth-order valence-corrected chi connectivity index (χ4v) is 2.39. The quantitative estimate of drug-likeness (QED) is 0.462. The average molecular weight is 346 g/mol. The van der Waals surface area contributed by atoms with Crippen LogP contribution >= 0.6 is 15.9 Å². The number of carbonyl (C=O) groups is 1. The summed E-state index contributed by atoms with van der Waals surface area (Å²) in [4.78, 5) is 27.6. The normalized spacial score (nSPS) is 11.8. The molecular weight excluding hydrogens is 330 g/mol. The lowest BCUT2D eigenvalue weighted by molar-refractivity contribution is -0.385. The van der Waals surface area contributed by atoms with E-state index in [-0.39, 0.29) is 17.6 Å². The van der Waals surface area contributed by atoms with Crippen molar-refractivity contribution >= 4 is 33.4 Å². The highest BCUT2D eigenvalue weighted by atomic mass is 79.9. The predicted molar refractivity (Wildman–Crippen MR) is 77.8 cm³/mol. The molecule has 1 atom stereocenters. The van der Waals surface area contributed by atoms with Crippen LogP contribution in [0, 0.1) is 23.0 Å². The van der Waals surface area contributed by atoms with Crippen LogP contribution in [0.15, 0.2) is 10.7 Å². The summed E-state index contributed by atoms with van der Waals surface area (Å²) in [6.07, 6.45) is 1.22. The highest BCUT2D eigenvalue weighted by Gasteiger charge is 2.22. The molecule has 1 aromatic rings. The Hall–Kier alpha value is -1.70. The number of aromatic nitrogens is 1. The van der Waals surface area contributed by atoms with E-state index in [1.54, 1.807) is 25.8 Å². The molecule has 0 amide bonds. The van der Waals surface area contributed by atoms with Gasteiger partial charge in [0, 0.05) is 19.2 Å². The Morgan fingerprint density at radius 2 is 2.25 bits per heavy atom. The van der Waals surface area contributed by atoms with Gasteiger partial charge in [0.25, 0.3) is 5.69 Å². The lowest BCUT2D eigenvalue weighted by Crippen LogP contribution is -2.30. The SMILES string of the molecule is COC(=O)C(C)CN(C)c1ncc([N+](=O)[O-])c(C)c1Br. The average Bonchev–Trinajstić information content (AvgIpc) is 2.39. The second-order valence-corrected chi connectivity index (χ2v) is 5.26. The number of ether oxygens (including phenoxy) is 1. The fraction of sp³-hybridized carbons (Fsp3) is 0.500. The third kappa shape index (κ3) is 3.44. The maximum atomic E-state index is 11.4. The summed E-state index contributed by atoms with van der Waals surface area (Å²) in [5.41, 5.74) is 0.451. The number of hydrogen-bond donors (Lipinski definition) is 0. The Morgan fingerprint density at radius 1 is 1.65 bits per heavy atom. The zero-order valence-electron chi connectivity index (χ0n) is 11.7. The van der Waals surface area contributed by atoms with Crippen molar-refractivity contribution in [2.75, 3.05) is 25.6 Å². The molecule has 0 saturated heterocycles. The van der Waals surface area contributed by atoms with E-state index in [9.17, 15) is 14.9 Å². The van der Waals surface area contributed by atoms with Gasteiger partial charge in [-0.2, -0.15) is 0 Å². The van der Waals surface area contributed by atoms with Gasteiger partial charge in [0.15, 0.2) is 0 Å². The van der Waals surface area contributed by atoms with E-state index in [1.807, 2.05) is 0 Å². The van der Waals surface area contributed by atoms with Crippen molar-refractivity contribution in [3.63, 3.8) is 0 Å². The predicted octanol–water partition coefficient (Wildman–Crippen LogP) is 2.31. The first-order chi connectivity index (χ1) is 9.29. The first-order valence-corrected chi connectivity index (χ1v) is 6.67. The molecule has 0 fully saturated rings. The molecule has 110 valence electrons. The third-order valence-corrected chi connectivity index (χ3v) is 3.88. The number of halogens is 1. The number of nitrogens with zero attached hydrogens (tertiary/aromatic N) is 3. The Bertz CT molecular complexity index is 536. The van der Waals surface area contributed by atoms with Gasteiger partial charge in [0.1, 0.15) is 12.0 Å². The fourth-order valence-electron chi connectivity index (χ4n) is 1.78. The maximum absolute atomic E-state index is 11.4. The van der Waals surface area contributed by atoms with Crippen LogP contribution in [0.25, 0.3) is 0 Å². The number of esters is 1. The van der Waals surface area contributed by atoms with Gasteiger partial charge in [-0.15, -0.1) is 0 Å². The van der Waals surface area contributed by atoms with Crippen LogP contribution in [0.5, 0.6) is 0 Å². The van der Waals surface area contributed by atoms with E-state index in [2.05, 4.69) is 25.7 Å². The van der Waals surface area contributed by atoms with Gasteiger partial charge in [0.05, 0.1) is 22.4 Å². The Kier molecular flexibility index (Phi) is 5.43. The minimum Gasteiger partial charge on any atom is -0.469 e. The highest BCUT2D eigenvalue weighted by Crippen LogP contribution is 2.32. The van der Waals surface area contributed by atoms with Gasteiger partial charge < -0.3 is 9.64 Å². The molecule has 7 nitrogen and oxygen atoms in total. The van der Waals surface area contributed by atoms with Crippen LogP contribution in [0.4, 0.5) is 11.5 Å². The van der Waals surface area contributed by atoms with E-state index < -0.39 is 4.92 Å². The molecule has 0 radical (unpaired) electrons. The molecule has 0 bridgehead atoms. The molecule has 0 N–H and O–H groups in total. The summed E-state index contributed by atoms with van der Waals surface area (Å²) in [6, 6.07) is 0. The van der Waals surface area contributed by atoms with Gasteiger partial charge in [-0.25, -0.2) is 4.98 Å². The first kappa shape index (κ1) is 16.4. The van der Waals surface area contributed by atoms with E-state index in [4.69, 9.17) is 0 Å². The number of nitro groups is 1. The van der Waals surface area contributed by atoms with Crippen molar-refractivity contribution < 1.29 is 14.5 Å². The molecule has 1 heterocycles. The van der Waals surface area contributed by atoms with Crippen molar-refractivity contribution in [1.82, 2.24) is 4.98 Å². The highest BCUT2D eigenvalue weighted by molar-refractivity contribution is 9.10. The number of pyridine rings is 1. The molecule has 1 unspecified atom stereocenters. The molecule has 8 heteroatoms. The molecule has 1 rings (SSSR count). The minimum atomic E-state index is -0.478. The van der Waals surface area contributed by atoms with E-state index >= 15 is 0 Å². The summed E-state index contributed by atoms with van der Waals surface area (Å²) in [5.74, 6) is -0.0929. The van der Waals surface area contributed by atoms with Crippen LogP contribution in [-0.2, 0) is 9.53 Å². The lowest BCUT2D eigenvalue weighted by atomic mass is 10.1. The molecular formula is C12H16BrN3O4. The van der Waals surface area contributed by atoms with E-state index in [1.165, 1.54) is 13.3 Å². The van der Waals surface area contributed by atoms with Gasteiger partial charge in [-0.05, 0) is 22.9 Å². The van der Waals surface area contributed by atoms with E-state index in [0.29, 0.717) is 22.4 Å². The third-order valence-electron chi connectivity index (χ3n) is 2.93. The molecule has 20 heavy (non-hydrogen) atoms. The second kappa shape index (κ2) is 6.65. The van der Waals surface area contributed by atoms with Crippen LogP contribution in [-0.4, -0.2) is 36.6 Å². The number of anilines is 1. The van der Waals surface area contributed by atoms with Crippen molar-refractivity contribution in [2.45, 2.75) is 13.8 Å². The zero-order valence-corrected chi connectivity index (χ0v) is 13.3. The van der Waals surface area contributed by atoms with Gasteiger partial charge in [-0.3, -0.25) is 14.9 Å². The van der Waals surface area contributed by atoms with Crippen molar-refractivity contribution in [2.24, 2.45) is 5.92 Å². The second-order valence-electron chi connectivity index (χ2n) is 4.47. The summed E-state index contributed by atoms with van der Waals surface area (Å²) in [7, 11) is 3.10. The molecule has 0 spiro atoms. The smallest absolute Gasteiger partial charge is 0.310 e. The number of carbonyl (C=O) groups excluding carboxylic acids is 1. The Morgan fingerprint density at radius 3 is 2.75 bits per heavy atom. The van der Waals surface area contributed by atoms with Gasteiger partial charge >= 0.3 is 5.97 Å². The van der Waals surface area contributed by atoms with Crippen LogP contribution in [0.3, 0.4) is 0 Å². The summed E-state index contributed by atoms with van der Waals surface area (Å²) in [6.45, 7) is 3.79. The number of hydrogen-bond acceptors (Lipinski definition) is 6. The Balaban J connectivity index is 3.00. The zero-order chi connectivity index (χ0) is 15.4. The summed E-state index contributed by atoms with van der Waals surface area (Å²) >= 11 is 3.32. The van der Waals surface area contributed by atoms with Crippen molar-refractivity contribution in [3.05, 3.63) is 26.3 Å². The largest absolute Gasteiger partial charge is 0.469 e. The molecule has 0 aliphatic carbocycles. The maximum Gasteiger partial charge on any atom is 0.310 e. The van der Waals surface area contributed by atoms with Crippen LogP contribution in [0.1, 0.15) is 12.5 Å². The van der Waals surface area contributed by atoms with E-state index in [0.717, 1.165) is 0 Å². The van der Waals surface area contributed by atoms with Crippen molar-refractivity contribution in [3.8, 4) is 0 Å². The van der Waals surface area contributed by atoms with Gasteiger partial charge in [-0.1, -0.05) is 6.92 Å². The Labute approximate surface area is 125 Å². The molecule has 0 saturated carbocycles. The lowest BCUT2D eigenvalue weighted by Gasteiger charge is -2.22. The number of methoxy groups -OCH3 is 1. The standard InChI is InChI=1S/C12H16BrN3O4/c1-7(12(17)20-4)6-15(3)11-10(13)8(2)9(5-14-11)16(18)19/h5,7H,6H2,1-4H3. The molecule has 0 aliphatic heterocycles. The first-order valence-electron chi connectivity index (χ1n) is 5.88. The number of rotatable bonds is 5. The summed E-state index contributed by atoms with van der Waals surface area (Å²) in [5, 5.41) is 10.8. The molecule has 0 aliphatic rings.